The molecule has 0 N–H and O–H groups in total. The number of carbonyl (C=O) groups is 1. The fraction of sp³-hybridized carbons (Fsp3) is 0.789. The first-order valence-corrected chi connectivity index (χ1v) is 9.79. The van der Waals surface area contributed by atoms with E-state index in [0.29, 0.717) is 11.9 Å². The Balaban J connectivity index is 1.54. The molecule has 1 amide bonds. The van der Waals surface area contributed by atoms with Crippen LogP contribution in [0.25, 0.3) is 0 Å². The Kier molecular flexibility index (Phi) is 6.12. The van der Waals surface area contributed by atoms with Gasteiger partial charge in [0.05, 0.1) is 12.6 Å². The number of hydrogen-bond acceptors (Lipinski definition) is 4. The molecule has 0 saturated carbocycles. The monoisotopic (exact) mass is 347 g/mol. The van der Waals surface area contributed by atoms with Crippen molar-refractivity contribution in [2.75, 3.05) is 32.7 Å². The van der Waals surface area contributed by atoms with Crippen molar-refractivity contribution < 1.29 is 4.79 Å². The standard InChI is InChI=1S/C19H33N5O/c1-16-14-24(13-12-23(16)15-18-20-8-11-21(18)3)17(2)19(25)22-9-6-4-5-7-10-22/h8,11,16-17H,4-7,9-10,12-15H2,1-3H3/t16-,17-/m1/s1. The zero-order valence-corrected chi connectivity index (χ0v) is 16.0. The molecule has 6 heteroatoms. The van der Waals surface area contributed by atoms with Gasteiger partial charge in [-0.2, -0.15) is 0 Å². The Hall–Kier alpha value is -1.40. The molecule has 3 rings (SSSR count). The lowest BCUT2D eigenvalue weighted by Crippen LogP contribution is -2.57. The van der Waals surface area contributed by atoms with Crippen molar-refractivity contribution in [3.05, 3.63) is 18.2 Å². The summed E-state index contributed by atoms with van der Waals surface area (Å²) in [5.41, 5.74) is 0. The maximum atomic E-state index is 12.9. The quantitative estimate of drug-likeness (QED) is 0.832. The summed E-state index contributed by atoms with van der Waals surface area (Å²) >= 11 is 0. The minimum Gasteiger partial charge on any atom is -0.341 e. The average Bonchev–Trinajstić information content (AvgIpc) is 2.86. The van der Waals surface area contributed by atoms with Gasteiger partial charge in [0.25, 0.3) is 0 Å². The van der Waals surface area contributed by atoms with E-state index in [4.69, 9.17) is 0 Å². The molecule has 0 spiro atoms. The van der Waals surface area contributed by atoms with E-state index in [1.54, 1.807) is 0 Å². The van der Waals surface area contributed by atoms with Crippen LogP contribution in [0.1, 0.15) is 45.4 Å². The molecule has 0 bridgehead atoms. The van der Waals surface area contributed by atoms with Gasteiger partial charge in [-0.15, -0.1) is 0 Å². The van der Waals surface area contributed by atoms with Crippen LogP contribution >= 0.6 is 0 Å². The van der Waals surface area contributed by atoms with Gasteiger partial charge in [0.15, 0.2) is 0 Å². The van der Waals surface area contributed by atoms with Crippen molar-refractivity contribution in [3.63, 3.8) is 0 Å². The summed E-state index contributed by atoms with van der Waals surface area (Å²) in [7, 11) is 2.05. The van der Waals surface area contributed by atoms with Gasteiger partial charge >= 0.3 is 0 Å². The molecule has 0 radical (unpaired) electrons. The molecular weight excluding hydrogens is 314 g/mol. The van der Waals surface area contributed by atoms with Crippen LogP contribution in [0.2, 0.25) is 0 Å². The van der Waals surface area contributed by atoms with E-state index in [1.165, 1.54) is 12.8 Å². The molecule has 2 aliphatic rings. The third-order valence-corrected chi connectivity index (χ3v) is 5.88. The van der Waals surface area contributed by atoms with Crippen LogP contribution in [0.5, 0.6) is 0 Å². The van der Waals surface area contributed by atoms with E-state index in [9.17, 15) is 4.79 Å². The van der Waals surface area contributed by atoms with Crippen molar-refractivity contribution in [2.45, 2.75) is 58.2 Å². The average molecular weight is 348 g/mol. The second-order valence-corrected chi connectivity index (χ2v) is 7.68. The fourth-order valence-electron chi connectivity index (χ4n) is 4.05. The van der Waals surface area contributed by atoms with Crippen LogP contribution in [0, 0.1) is 0 Å². The van der Waals surface area contributed by atoms with Crippen molar-refractivity contribution in [1.29, 1.82) is 0 Å². The largest absolute Gasteiger partial charge is 0.341 e. The van der Waals surface area contributed by atoms with E-state index in [-0.39, 0.29) is 6.04 Å². The number of aromatic nitrogens is 2. The number of aryl methyl sites for hydroxylation is 1. The van der Waals surface area contributed by atoms with Gasteiger partial charge in [-0.3, -0.25) is 14.6 Å². The zero-order valence-electron chi connectivity index (χ0n) is 16.0. The number of piperazine rings is 1. The van der Waals surface area contributed by atoms with E-state index < -0.39 is 0 Å². The highest BCUT2D eigenvalue weighted by atomic mass is 16.2. The molecule has 1 aromatic heterocycles. The summed E-state index contributed by atoms with van der Waals surface area (Å²) in [4.78, 5) is 24.3. The molecule has 3 heterocycles. The summed E-state index contributed by atoms with van der Waals surface area (Å²) in [6.45, 7) is 10.0. The molecular formula is C19H33N5O. The fourth-order valence-corrected chi connectivity index (χ4v) is 4.05. The molecule has 140 valence electrons. The van der Waals surface area contributed by atoms with Crippen LogP contribution in [0.15, 0.2) is 12.4 Å². The first-order valence-electron chi connectivity index (χ1n) is 9.79. The lowest BCUT2D eigenvalue weighted by Gasteiger charge is -2.42. The molecule has 2 atom stereocenters. The molecule has 2 aliphatic heterocycles. The predicted molar refractivity (Wildman–Crippen MR) is 99.2 cm³/mol. The van der Waals surface area contributed by atoms with Crippen LogP contribution in [-0.4, -0.2) is 75.0 Å². The number of rotatable bonds is 4. The lowest BCUT2D eigenvalue weighted by molar-refractivity contribution is -0.137. The zero-order chi connectivity index (χ0) is 17.8. The van der Waals surface area contributed by atoms with Crippen LogP contribution in [0.3, 0.4) is 0 Å². The van der Waals surface area contributed by atoms with Gasteiger partial charge in [-0.1, -0.05) is 12.8 Å². The summed E-state index contributed by atoms with van der Waals surface area (Å²) in [5, 5.41) is 0. The predicted octanol–water partition coefficient (Wildman–Crippen LogP) is 1.72. The maximum absolute atomic E-state index is 12.9. The van der Waals surface area contributed by atoms with Gasteiger partial charge in [0.2, 0.25) is 5.91 Å². The topological polar surface area (TPSA) is 44.6 Å². The Morgan fingerprint density at radius 2 is 1.92 bits per heavy atom. The first-order chi connectivity index (χ1) is 12.1. The molecule has 2 saturated heterocycles. The normalized spacial score (nSPS) is 24.9. The summed E-state index contributed by atoms with van der Waals surface area (Å²) in [6.07, 6.45) is 8.71. The van der Waals surface area contributed by atoms with Gasteiger partial charge in [-0.25, -0.2) is 4.98 Å². The molecule has 0 aliphatic carbocycles. The molecule has 2 fully saturated rings. The molecule has 0 aromatic carbocycles. The Morgan fingerprint density at radius 1 is 1.20 bits per heavy atom. The Labute approximate surface area is 151 Å². The van der Waals surface area contributed by atoms with E-state index >= 15 is 0 Å². The minimum atomic E-state index is -0.00383. The minimum absolute atomic E-state index is 0.00383. The van der Waals surface area contributed by atoms with Crippen molar-refractivity contribution in [2.24, 2.45) is 7.05 Å². The highest BCUT2D eigenvalue weighted by Gasteiger charge is 2.32. The highest BCUT2D eigenvalue weighted by Crippen LogP contribution is 2.18. The first kappa shape index (κ1) is 18.4. The van der Waals surface area contributed by atoms with Crippen LogP contribution in [0.4, 0.5) is 0 Å². The van der Waals surface area contributed by atoms with Gasteiger partial charge in [-0.05, 0) is 26.7 Å². The highest BCUT2D eigenvalue weighted by molar-refractivity contribution is 5.81. The molecule has 0 unspecified atom stereocenters. The summed E-state index contributed by atoms with van der Waals surface area (Å²) in [5.74, 6) is 1.43. The summed E-state index contributed by atoms with van der Waals surface area (Å²) < 4.78 is 2.09. The Morgan fingerprint density at radius 3 is 2.52 bits per heavy atom. The van der Waals surface area contributed by atoms with Crippen molar-refractivity contribution >= 4 is 5.91 Å². The number of imidazole rings is 1. The van der Waals surface area contributed by atoms with E-state index in [2.05, 4.69) is 38.1 Å². The van der Waals surface area contributed by atoms with Crippen molar-refractivity contribution in [3.8, 4) is 0 Å². The smallest absolute Gasteiger partial charge is 0.239 e. The lowest BCUT2D eigenvalue weighted by atomic mass is 10.1. The van der Waals surface area contributed by atoms with Gasteiger partial charge in [0, 0.05) is 58.2 Å². The van der Waals surface area contributed by atoms with Crippen molar-refractivity contribution in [1.82, 2.24) is 24.3 Å². The number of carbonyl (C=O) groups excluding carboxylic acids is 1. The van der Waals surface area contributed by atoms with Gasteiger partial charge in [0.1, 0.15) is 5.82 Å². The van der Waals surface area contributed by atoms with E-state index in [1.807, 2.05) is 19.4 Å². The Bertz CT molecular complexity index is 564. The number of likely N-dealkylation sites (tertiary alicyclic amines) is 1. The second kappa shape index (κ2) is 8.32. The second-order valence-electron chi connectivity index (χ2n) is 7.68. The number of amides is 1. The maximum Gasteiger partial charge on any atom is 0.239 e. The third kappa shape index (κ3) is 4.42. The summed E-state index contributed by atoms with van der Waals surface area (Å²) in [6, 6.07) is 0.431. The third-order valence-electron chi connectivity index (χ3n) is 5.88. The SMILES string of the molecule is C[C@@H]1CN([C@H](C)C(=O)N2CCCCCC2)CCN1Cc1nccn1C. The number of hydrogen-bond donors (Lipinski definition) is 0. The van der Waals surface area contributed by atoms with Crippen LogP contribution < -0.4 is 0 Å². The van der Waals surface area contributed by atoms with E-state index in [0.717, 1.165) is 57.9 Å². The van der Waals surface area contributed by atoms with Crippen LogP contribution in [-0.2, 0) is 18.4 Å². The number of nitrogens with zero attached hydrogens (tertiary/aromatic N) is 5. The molecule has 6 nitrogen and oxygen atoms in total. The molecule has 25 heavy (non-hydrogen) atoms. The molecule has 1 aromatic rings. The van der Waals surface area contributed by atoms with Gasteiger partial charge < -0.3 is 9.47 Å².